The first-order valence-corrected chi connectivity index (χ1v) is 6.26. The monoisotopic (exact) mass is 270 g/mol. The van der Waals surface area contributed by atoms with Crippen LogP contribution in [0.15, 0.2) is 10.3 Å². The summed E-state index contributed by atoms with van der Waals surface area (Å²) < 4.78 is 23.8. The van der Waals surface area contributed by atoms with E-state index in [0.717, 1.165) is 10.4 Å². The van der Waals surface area contributed by atoms with Crippen LogP contribution in [0.25, 0.3) is 0 Å². The third kappa shape index (κ3) is 2.28. The van der Waals surface area contributed by atoms with Crippen molar-refractivity contribution in [3.8, 4) is 0 Å². The van der Waals surface area contributed by atoms with Gasteiger partial charge in [-0.05, 0) is 0 Å². The van der Waals surface area contributed by atoms with Gasteiger partial charge >= 0.3 is 0 Å². The molecule has 1 aromatic heterocycles. The minimum Gasteiger partial charge on any atom is -0.258 e. The normalized spacial score (nSPS) is 12.0. The summed E-state index contributed by atoms with van der Waals surface area (Å²) in [5.74, 6) is 0. The van der Waals surface area contributed by atoms with Gasteiger partial charge in [0.15, 0.2) is 4.34 Å². The Kier molecular flexibility index (Phi) is 3.34. The Morgan fingerprint density at radius 1 is 1.53 bits per heavy atom. The lowest BCUT2D eigenvalue weighted by Gasteiger charge is -2.07. The molecule has 0 atom stereocenters. The van der Waals surface area contributed by atoms with Crippen molar-refractivity contribution in [1.29, 1.82) is 0 Å². The van der Waals surface area contributed by atoms with Gasteiger partial charge < -0.3 is 0 Å². The molecule has 0 bridgehead atoms. The molecule has 1 rings (SSSR count). The average molecular weight is 271 g/mol. The Labute approximate surface area is 95.3 Å². The standard InChI is InChI=1S/C6H7ClN2O4S2/c1-8(2)15(12,13)5-3-4(9(10)11)6(7)14-5/h3H,1-2H3. The second-order valence-electron chi connectivity index (χ2n) is 2.77. The van der Waals surface area contributed by atoms with Gasteiger partial charge in [0.1, 0.15) is 4.21 Å². The SMILES string of the molecule is CN(C)S(=O)(=O)c1cc([N+](=O)[O-])c(Cl)s1. The Hall–Kier alpha value is -0.700. The summed E-state index contributed by atoms with van der Waals surface area (Å²) in [6.07, 6.45) is 0. The van der Waals surface area contributed by atoms with E-state index in [1.165, 1.54) is 14.1 Å². The van der Waals surface area contributed by atoms with Crippen molar-refractivity contribution in [3.05, 3.63) is 20.5 Å². The van der Waals surface area contributed by atoms with Gasteiger partial charge in [0.05, 0.1) is 4.92 Å². The van der Waals surface area contributed by atoms with E-state index in [1.807, 2.05) is 0 Å². The van der Waals surface area contributed by atoms with Crippen molar-refractivity contribution >= 4 is 38.6 Å². The van der Waals surface area contributed by atoms with Gasteiger partial charge in [-0.3, -0.25) is 10.1 Å². The topological polar surface area (TPSA) is 80.5 Å². The fourth-order valence-electron chi connectivity index (χ4n) is 0.770. The van der Waals surface area contributed by atoms with Crippen LogP contribution in [0.3, 0.4) is 0 Å². The molecule has 0 amide bonds. The molecule has 0 aliphatic heterocycles. The lowest BCUT2D eigenvalue weighted by atomic mass is 10.6. The van der Waals surface area contributed by atoms with Gasteiger partial charge in [-0.25, -0.2) is 12.7 Å². The molecule has 0 aromatic carbocycles. The highest BCUT2D eigenvalue weighted by atomic mass is 35.5. The molecular weight excluding hydrogens is 264 g/mol. The first-order valence-electron chi connectivity index (χ1n) is 3.63. The third-order valence-electron chi connectivity index (χ3n) is 1.58. The number of halogens is 1. The molecular formula is C6H7ClN2O4S2. The zero-order chi connectivity index (χ0) is 11.8. The summed E-state index contributed by atoms with van der Waals surface area (Å²) in [6.45, 7) is 0. The minimum absolute atomic E-state index is 0.135. The second-order valence-corrected chi connectivity index (χ2v) is 6.80. The zero-order valence-corrected chi connectivity index (χ0v) is 10.2. The molecule has 6 nitrogen and oxygen atoms in total. The summed E-state index contributed by atoms with van der Waals surface area (Å²) in [6, 6.07) is 0.961. The maximum Gasteiger partial charge on any atom is 0.300 e. The molecule has 84 valence electrons. The maximum absolute atomic E-state index is 11.6. The number of thiophene rings is 1. The van der Waals surface area contributed by atoms with Crippen LogP contribution in [0, 0.1) is 10.1 Å². The highest BCUT2D eigenvalue weighted by molar-refractivity contribution is 7.91. The average Bonchev–Trinajstić information content (AvgIpc) is 2.47. The van der Waals surface area contributed by atoms with E-state index < -0.39 is 14.9 Å². The van der Waals surface area contributed by atoms with Gasteiger partial charge in [0.25, 0.3) is 15.7 Å². The predicted molar refractivity (Wildman–Crippen MR) is 56.9 cm³/mol. The molecule has 0 aliphatic rings. The Bertz CT molecular complexity index is 493. The van der Waals surface area contributed by atoms with Crippen molar-refractivity contribution in [1.82, 2.24) is 4.31 Å². The summed E-state index contributed by atoms with van der Waals surface area (Å²) in [5.41, 5.74) is -0.387. The molecule has 0 unspecified atom stereocenters. The minimum atomic E-state index is -3.65. The third-order valence-corrected chi connectivity index (χ3v) is 5.18. The van der Waals surface area contributed by atoms with E-state index in [9.17, 15) is 18.5 Å². The Balaban J connectivity index is 3.31. The number of nitro groups is 1. The second kappa shape index (κ2) is 4.05. The molecule has 1 aromatic rings. The molecule has 9 heteroatoms. The van der Waals surface area contributed by atoms with Crippen LogP contribution in [0.2, 0.25) is 4.34 Å². The van der Waals surface area contributed by atoms with Gasteiger partial charge in [-0.1, -0.05) is 11.6 Å². The molecule has 0 spiro atoms. The maximum atomic E-state index is 11.6. The highest BCUT2D eigenvalue weighted by Crippen LogP contribution is 2.36. The van der Waals surface area contributed by atoms with Crippen molar-refractivity contribution < 1.29 is 13.3 Å². The molecule has 0 saturated carbocycles. The van der Waals surface area contributed by atoms with Crippen LogP contribution in [-0.4, -0.2) is 31.7 Å². The van der Waals surface area contributed by atoms with Crippen LogP contribution in [-0.2, 0) is 10.0 Å². The lowest BCUT2D eigenvalue weighted by molar-refractivity contribution is -0.384. The first-order chi connectivity index (χ1) is 6.76. The van der Waals surface area contributed by atoms with E-state index in [-0.39, 0.29) is 14.2 Å². The molecule has 1 heterocycles. The van der Waals surface area contributed by atoms with E-state index >= 15 is 0 Å². The molecule has 0 N–H and O–H groups in total. The van der Waals surface area contributed by atoms with Crippen LogP contribution in [0.4, 0.5) is 5.69 Å². The number of nitrogens with zero attached hydrogens (tertiary/aromatic N) is 2. The number of rotatable bonds is 3. The summed E-state index contributed by atoms with van der Waals surface area (Å²) in [7, 11) is -0.965. The molecule has 0 radical (unpaired) electrons. The summed E-state index contributed by atoms with van der Waals surface area (Å²) in [5, 5.41) is 10.5. The summed E-state index contributed by atoms with van der Waals surface area (Å²) >= 11 is 6.22. The molecule has 0 saturated heterocycles. The van der Waals surface area contributed by atoms with Crippen LogP contribution in [0.5, 0.6) is 0 Å². The van der Waals surface area contributed by atoms with Crippen molar-refractivity contribution in [3.63, 3.8) is 0 Å². The largest absolute Gasteiger partial charge is 0.300 e. The van der Waals surface area contributed by atoms with Crippen LogP contribution >= 0.6 is 22.9 Å². The smallest absolute Gasteiger partial charge is 0.258 e. The molecule has 15 heavy (non-hydrogen) atoms. The van der Waals surface area contributed by atoms with Crippen molar-refractivity contribution in [2.45, 2.75) is 4.21 Å². The first kappa shape index (κ1) is 12.4. The van der Waals surface area contributed by atoms with Crippen molar-refractivity contribution in [2.24, 2.45) is 0 Å². The fourth-order valence-corrected chi connectivity index (χ4v) is 3.60. The van der Waals surface area contributed by atoms with Crippen LogP contribution in [0.1, 0.15) is 0 Å². The fraction of sp³-hybridized carbons (Fsp3) is 0.333. The van der Waals surface area contributed by atoms with Gasteiger partial charge in [-0.15, -0.1) is 11.3 Å². The molecule has 0 fully saturated rings. The summed E-state index contributed by atoms with van der Waals surface area (Å²) in [4.78, 5) is 9.74. The highest BCUT2D eigenvalue weighted by Gasteiger charge is 2.26. The van der Waals surface area contributed by atoms with Crippen molar-refractivity contribution in [2.75, 3.05) is 14.1 Å². The molecule has 0 aliphatic carbocycles. The lowest BCUT2D eigenvalue weighted by Crippen LogP contribution is -2.21. The number of hydrogen-bond donors (Lipinski definition) is 0. The van der Waals surface area contributed by atoms with Gasteiger partial charge in [0.2, 0.25) is 0 Å². The Morgan fingerprint density at radius 3 is 2.40 bits per heavy atom. The van der Waals surface area contributed by atoms with E-state index in [2.05, 4.69) is 0 Å². The van der Waals surface area contributed by atoms with Gasteiger partial charge in [-0.2, -0.15) is 0 Å². The number of sulfonamides is 1. The Morgan fingerprint density at radius 2 is 2.07 bits per heavy atom. The van der Waals surface area contributed by atoms with E-state index in [0.29, 0.717) is 11.3 Å². The van der Waals surface area contributed by atoms with E-state index in [1.54, 1.807) is 0 Å². The van der Waals surface area contributed by atoms with Gasteiger partial charge in [0, 0.05) is 20.2 Å². The zero-order valence-electron chi connectivity index (χ0n) is 7.80. The quantitative estimate of drug-likeness (QED) is 0.617. The van der Waals surface area contributed by atoms with E-state index in [4.69, 9.17) is 11.6 Å². The number of hydrogen-bond acceptors (Lipinski definition) is 5. The predicted octanol–water partition coefficient (Wildman–Crippen LogP) is 1.56. The van der Waals surface area contributed by atoms with Crippen LogP contribution < -0.4 is 0 Å².